The zero-order chi connectivity index (χ0) is 16.9. The number of hydrogen-bond donors (Lipinski definition) is 1. The van der Waals surface area contributed by atoms with E-state index in [1.807, 2.05) is 30.3 Å². The number of morpholine rings is 1. The quantitative estimate of drug-likeness (QED) is 0.880. The number of ether oxygens (including phenoxy) is 2. The molecule has 1 aliphatic heterocycles. The van der Waals surface area contributed by atoms with Gasteiger partial charge in [-0.3, -0.25) is 4.90 Å². The van der Waals surface area contributed by atoms with E-state index in [9.17, 15) is 0 Å². The summed E-state index contributed by atoms with van der Waals surface area (Å²) in [7, 11) is 0. The maximum Gasteiger partial charge on any atom is 0.127 e. The first-order valence-electron chi connectivity index (χ1n) is 8.52. The van der Waals surface area contributed by atoms with E-state index in [2.05, 4.69) is 23.8 Å². The molecule has 1 aliphatic rings. The van der Waals surface area contributed by atoms with Crippen LogP contribution in [-0.4, -0.2) is 54.1 Å². The molecule has 0 unspecified atom stereocenters. The summed E-state index contributed by atoms with van der Waals surface area (Å²) in [4.78, 5) is 2.35. The van der Waals surface area contributed by atoms with Crippen LogP contribution < -0.4 is 10.5 Å². The van der Waals surface area contributed by atoms with Crippen LogP contribution in [0, 0.1) is 0 Å². The van der Waals surface area contributed by atoms with Gasteiger partial charge in [-0.2, -0.15) is 5.10 Å². The fourth-order valence-electron chi connectivity index (χ4n) is 2.73. The normalized spacial score (nSPS) is 15.8. The van der Waals surface area contributed by atoms with Gasteiger partial charge in [-0.15, -0.1) is 0 Å². The second kappa shape index (κ2) is 7.68. The number of anilines is 1. The number of rotatable bonds is 6. The van der Waals surface area contributed by atoms with Gasteiger partial charge >= 0.3 is 0 Å². The highest BCUT2D eigenvalue weighted by Gasteiger charge is 2.12. The Bertz CT molecular complexity index is 663. The molecule has 0 radical (unpaired) electrons. The van der Waals surface area contributed by atoms with E-state index in [1.165, 1.54) is 0 Å². The molecule has 0 atom stereocenters. The van der Waals surface area contributed by atoms with Crippen molar-refractivity contribution in [2.45, 2.75) is 19.8 Å². The number of aromatic nitrogens is 2. The van der Waals surface area contributed by atoms with Gasteiger partial charge in [0.25, 0.3) is 0 Å². The molecule has 0 aliphatic carbocycles. The van der Waals surface area contributed by atoms with E-state index in [0.29, 0.717) is 18.3 Å². The van der Waals surface area contributed by atoms with Crippen LogP contribution in [0.25, 0.3) is 5.69 Å². The maximum atomic E-state index is 6.10. The van der Waals surface area contributed by atoms with E-state index in [0.717, 1.165) is 50.0 Å². The highest BCUT2D eigenvalue weighted by Crippen LogP contribution is 2.22. The largest absolute Gasteiger partial charge is 0.492 e. The predicted molar refractivity (Wildman–Crippen MR) is 94.8 cm³/mol. The van der Waals surface area contributed by atoms with Gasteiger partial charge in [0.2, 0.25) is 0 Å². The molecule has 0 bridgehead atoms. The Morgan fingerprint density at radius 3 is 2.75 bits per heavy atom. The second-order valence-corrected chi connectivity index (χ2v) is 6.36. The molecule has 0 saturated carbocycles. The number of nitrogens with zero attached hydrogens (tertiary/aromatic N) is 3. The van der Waals surface area contributed by atoms with Crippen molar-refractivity contribution in [2.24, 2.45) is 0 Å². The van der Waals surface area contributed by atoms with Gasteiger partial charge in [-0.05, 0) is 18.1 Å². The van der Waals surface area contributed by atoms with Crippen LogP contribution in [0.3, 0.4) is 0 Å². The number of hydrogen-bond acceptors (Lipinski definition) is 5. The highest BCUT2D eigenvalue weighted by molar-refractivity contribution is 5.46. The molecule has 1 aromatic heterocycles. The van der Waals surface area contributed by atoms with Crippen molar-refractivity contribution >= 4 is 5.82 Å². The van der Waals surface area contributed by atoms with Gasteiger partial charge in [0, 0.05) is 31.8 Å². The molecular formula is C18H26N4O2. The summed E-state index contributed by atoms with van der Waals surface area (Å²) in [5.41, 5.74) is 8.01. The van der Waals surface area contributed by atoms with Crippen molar-refractivity contribution in [3.63, 3.8) is 0 Å². The predicted octanol–water partition coefficient (Wildman–Crippen LogP) is 2.29. The summed E-state index contributed by atoms with van der Waals surface area (Å²) in [5.74, 6) is 1.83. The Labute approximate surface area is 143 Å². The van der Waals surface area contributed by atoms with E-state index < -0.39 is 0 Å². The van der Waals surface area contributed by atoms with Crippen molar-refractivity contribution in [1.29, 1.82) is 0 Å². The van der Waals surface area contributed by atoms with Crippen LogP contribution in [0.15, 0.2) is 30.3 Å². The highest BCUT2D eigenvalue weighted by atomic mass is 16.5. The van der Waals surface area contributed by atoms with Crippen molar-refractivity contribution < 1.29 is 9.47 Å². The third-order valence-corrected chi connectivity index (χ3v) is 4.19. The summed E-state index contributed by atoms with van der Waals surface area (Å²) < 4.78 is 13.0. The lowest BCUT2D eigenvalue weighted by Gasteiger charge is -2.26. The van der Waals surface area contributed by atoms with Gasteiger partial charge in [-0.1, -0.05) is 19.9 Å². The molecule has 1 aromatic carbocycles. The molecule has 6 nitrogen and oxygen atoms in total. The summed E-state index contributed by atoms with van der Waals surface area (Å²) in [6.07, 6.45) is 0. The first kappa shape index (κ1) is 16.8. The molecule has 2 heterocycles. The molecule has 0 spiro atoms. The van der Waals surface area contributed by atoms with Crippen LogP contribution in [0.1, 0.15) is 25.5 Å². The van der Waals surface area contributed by atoms with Gasteiger partial charge in [0.05, 0.1) is 24.6 Å². The van der Waals surface area contributed by atoms with Crippen LogP contribution >= 0.6 is 0 Å². The van der Waals surface area contributed by atoms with Crippen molar-refractivity contribution in [1.82, 2.24) is 14.7 Å². The van der Waals surface area contributed by atoms with Crippen LogP contribution in [0.5, 0.6) is 5.75 Å². The molecule has 130 valence electrons. The SMILES string of the molecule is CC(C)c1cc(N)n(-c2cccc(OCCN3CCOCC3)c2)n1. The molecule has 24 heavy (non-hydrogen) atoms. The lowest BCUT2D eigenvalue weighted by molar-refractivity contribution is 0.0322. The first-order valence-corrected chi connectivity index (χ1v) is 8.52. The smallest absolute Gasteiger partial charge is 0.127 e. The van der Waals surface area contributed by atoms with Crippen LogP contribution in [-0.2, 0) is 4.74 Å². The maximum absolute atomic E-state index is 6.10. The molecule has 2 aromatic rings. The fourth-order valence-corrected chi connectivity index (χ4v) is 2.73. The Hall–Kier alpha value is -2.05. The summed E-state index contributed by atoms with van der Waals surface area (Å²) in [5, 5.41) is 4.59. The molecule has 2 N–H and O–H groups in total. The fraction of sp³-hybridized carbons (Fsp3) is 0.500. The van der Waals surface area contributed by atoms with Crippen molar-refractivity contribution in [2.75, 3.05) is 45.2 Å². The zero-order valence-electron chi connectivity index (χ0n) is 14.4. The lowest BCUT2D eigenvalue weighted by atomic mass is 10.1. The lowest BCUT2D eigenvalue weighted by Crippen LogP contribution is -2.38. The van der Waals surface area contributed by atoms with Gasteiger partial charge in [0.15, 0.2) is 0 Å². The standard InChI is InChI=1S/C18H26N4O2/c1-14(2)17-13-18(19)22(20-17)15-4-3-5-16(12-15)24-11-8-21-6-9-23-10-7-21/h3-5,12-14H,6-11,19H2,1-2H3. The van der Waals surface area contributed by atoms with E-state index in [-0.39, 0.29) is 0 Å². The van der Waals surface area contributed by atoms with E-state index in [4.69, 9.17) is 15.2 Å². The monoisotopic (exact) mass is 330 g/mol. The van der Waals surface area contributed by atoms with Gasteiger partial charge in [0.1, 0.15) is 18.2 Å². The van der Waals surface area contributed by atoms with Gasteiger partial charge < -0.3 is 15.2 Å². The molecular weight excluding hydrogens is 304 g/mol. The Morgan fingerprint density at radius 2 is 2.04 bits per heavy atom. The average Bonchev–Trinajstić information content (AvgIpc) is 2.98. The van der Waals surface area contributed by atoms with Crippen LogP contribution in [0.4, 0.5) is 5.82 Å². The van der Waals surface area contributed by atoms with Crippen molar-refractivity contribution in [3.8, 4) is 11.4 Å². The Balaban J connectivity index is 1.63. The minimum absolute atomic E-state index is 0.349. The van der Waals surface area contributed by atoms with E-state index >= 15 is 0 Å². The summed E-state index contributed by atoms with van der Waals surface area (Å²) in [6.45, 7) is 9.37. The molecule has 3 rings (SSSR count). The first-order chi connectivity index (χ1) is 11.6. The second-order valence-electron chi connectivity index (χ2n) is 6.36. The Kier molecular flexibility index (Phi) is 5.37. The number of benzene rings is 1. The van der Waals surface area contributed by atoms with Crippen LogP contribution in [0.2, 0.25) is 0 Å². The topological polar surface area (TPSA) is 65.5 Å². The summed E-state index contributed by atoms with van der Waals surface area (Å²) in [6, 6.07) is 9.83. The van der Waals surface area contributed by atoms with Crippen molar-refractivity contribution in [3.05, 3.63) is 36.0 Å². The zero-order valence-corrected chi connectivity index (χ0v) is 14.4. The molecule has 1 fully saturated rings. The summed E-state index contributed by atoms with van der Waals surface area (Å²) >= 11 is 0. The third kappa shape index (κ3) is 4.07. The minimum Gasteiger partial charge on any atom is -0.492 e. The minimum atomic E-state index is 0.349. The molecule has 6 heteroatoms. The molecule has 1 saturated heterocycles. The number of nitrogens with two attached hydrogens (primary N) is 1. The number of nitrogen functional groups attached to an aromatic ring is 1. The van der Waals surface area contributed by atoms with E-state index in [1.54, 1.807) is 4.68 Å². The van der Waals surface area contributed by atoms with Gasteiger partial charge in [-0.25, -0.2) is 4.68 Å². The third-order valence-electron chi connectivity index (χ3n) is 4.19. The Morgan fingerprint density at radius 1 is 1.25 bits per heavy atom. The molecule has 0 amide bonds. The average molecular weight is 330 g/mol.